The van der Waals surface area contributed by atoms with E-state index in [2.05, 4.69) is 44.5 Å². The fraction of sp³-hybridized carbons (Fsp3) is 0.235. The Bertz CT molecular complexity index is 758. The average Bonchev–Trinajstić information content (AvgIpc) is 2.99. The van der Waals surface area contributed by atoms with Crippen LogP contribution >= 0.6 is 23.1 Å². The number of nitrogens with zero attached hydrogens (tertiary/aromatic N) is 4. The van der Waals surface area contributed by atoms with E-state index in [-0.39, 0.29) is 0 Å². The summed E-state index contributed by atoms with van der Waals surface area (Å²) >= 11 is 3.38. The highest BCUT2D eigenvalue weighted by molar-refractivity contribution is 7.98. The summed E-state index contributed by atoms with van der Waals surface area (Å²) < 4.78 is 0. The van der Waals surface area contributed by atoms with E-state index in [0.29, 0.717) is 0 Å². The van der Waals surface area contributed by atoms with Crippen molar-refractivity contribution in [1.82, 2.24) is 15.0 Å². The fourth-order valence-electron chi connectivity index (χ4n) is 2.08. The molecule has 0 atom stereocenters. The first kappa shape index (κ1) is 16.0. The van der Waals surface area contributed by atoms with Gasteiger partial charge in [-0.05, 0) is 12.5 Å². The summed E-state index contributed by atoms with van der Waals surface area (Å²) in [5.41, 5.74) is 2.35. The van der Waals surface area contributed by atoms with Crippen LogP contribution in [0.3, 0.4) is 0 Å². The van der Waals surface area contributed by atoms with E-state index >= 15 is 0 Å². The van der Waals surface area contributed by atoms with Crippen LogP contribution in [0.25, 0.3) is 0 Å². The smallest absolute Gasteiger partial charge is 0.148 e. The highest BCUT2D eigenvalue weighted by Crippen LogP contribution is 2.23. The number of thiazole rings is 1. The maximum absolute atomic E-state index is 4.69. The second-order valence-electron chi connectivity index (χ2n) is 5.23. The van der Waals surface area contributed by atoms with E-state index in [4.69, 9.17) is 4.98 Å². The molecule has 23 heavy (non-hydrogen) atoms. The largest absolute Gasteiger partial charge is 0.352 e. The molecule has 6 heteroatoms. The standard InChI is InChI=1S/C17H18N4S2/c1-13-11-22-17(19-13)10-21(2)15-8-18-9-16(20-15)23-12-14-6-4-3-5-7-14/h3-9,11H,10,12H2,1-2H3. The number of aryl methyl sites for hydroxylation is 1. The second kappa shape index (κ2) is 7.57. The molecule has 0 spiro atoms. The van der Waals surface area contributed by atoms with Crippen LogP contribution in [0.1, 0.15) is 16.3 Å². The number of thioether (sulfide) groups is 1. The molecule has 2 heterocycles. The van der Waals surface area contributed by atoms with E-state index in [9.17, 15) is 0 Å². The van der Waals surface area contributed by atoms with Gasteiger partial charge in [0.2, 0.25) is 0 Å². The molecule has 1 aromatic carbocycles. The van der Waals surface area contributed by atoms with Crippen LogP contribution in [0.2, 0.25) is 0 Å². The van der Waals surface area contributed by atoms with Gasteiger partial charge in [-0.1, -0.05) is 30.3 Å². The van der Waals surface area contributed by atoms with Gasteiger partial charge in [0, 0.05) is 23.9 Å². The highest BCUT2D eigenvalue weighted by atomic mass is 32.2. The molecule has 0 saturated heterocycles. The second-order valence-corrected chi connectivity index (χ2v) is 7.17. The lowest BCUT2D eigenvalue weighted by Gasteiger charge is -2.16. The summed E-state index contributed by atoms with van der Waals surface area (Å²) in [7, 11) is 2.02. The normalized spacial score (nSPS) is 10.7. The van der Waals surface area contributed by atoms with Crippen LogP contribution in [0.4, 0.5) is 5.82 Å². The predicted octanol–water partition coefficient (Wildman–Crippen LogP) is 4.17. The number of hydrogen-bond donors (Lipinski definition) is 0. The Kier molecular flexibility index (Phi) is 5.25. The molecule has 3 aromatic rings. The lowest BCUT2D eigenvalue weighted by Crippen LogP contribution is -2.18. The molecular weight excluding hydrogens is 324 g/mol. The first-order valence-corrected chi connectivity index (χ1v) is 9.18. The van der Waals surface area contributed by atoms with Gasteiger partial charge in [-0.3, -0.25) is 4.98 Å². The molecule has 0 radical (unpaired) electrons. The lowest BCUT2D eigenvalue weighted by molar-refractivity contribution is 0.859. The Labute approximate surface area is 144 Å². The molecule has 0 aliphatic rings. The van der Waals surface area contributed by atoms with E-state index < -0.39 is 0 Å². The average molecular weight is 342 g/mol. The molecule has 0 amide bonds. The number of hydrogen-bond acceptors (Lipinski definition) is 6. The van der Waals surface area contributed by atoms with E-state index in [1.165, 1.54) is 5.56 Å². The Hall–Kier alpha value is -1.92. The minimum Gasteiger partial charge on any atom is -0.352 e. The third-order valence-corrected chi connectivity index (χ3v) is 5.18. The van der Waals surface area contributed by atoms with Gasteiger partial charge >= 0.3 is 0 Å². The molecule has 2 aromatic heterocycles. The van der Waals surface area contributed by atoms with Crippen molar-refractivity contribution < 1.29 is 0 Å². The maximum atomic E-state index is 4.69. The molecule has 4 nitrogen and oxygen atoms in total. The monoisotopic (exact) mass is 342 g/mol. The van der Waals surface area contributed by atoms with Crippen molar-refractivity contribution in [3.05, 3.63) is 64.4 Å². The Balaban J connectivity index is 1.64. The van der Waals surface area contributed by atoms with Gasteiger partial charge in [-0.15, -0.1) is 23.1 Å². The van der Waals surface area contributed by atoms with Crippen molar-refractivity contribution in [2.24, 2.45) is 0 Å². The van der Waals surface area contributed by atoms with Crippen molar-refractivity contribution in [3.63, 3.8) is 0 Å². The van der Waals surface area contributed by atoms with Crippen molar-refractivity contribution in [2.45, 2.75) is 24.2 Å². The summed E-state index contributed by atoms with van der Waals surface area (Å²) in [6.07, 6.45) is 3.62. The van der Waals surface area contributed by atoms with Gasteiger partial charge < -0.3 is 4.90 Å². The van der Waals surface area contributed by atoms with Gasteiger partial charge in [-0.2, -0.15) is 0 Å². The van der Waals surface area contributed by atoms with Gasteiger partial charge in [0.05, 0.1) is 18.9 Å². The summed E-state index contributed by atoms with van der Waals surface area (Å²) in [6.45, 7) is 2.76. The SMILES string of the molecule is Cc1csc(CN(C)c2cncc(SCc3ccccc3)n2)n1. The number of benzene rings is 1. The predicted molar refractivity (Wildman–Crippen MR) is 97.0 cm³/mol. The van der Waals surface area contributed by atoms with E-state index in [1.54, 1.807) is 29.3 Å². The zero-order valence-electron chi connectivity index (χ0n) is 13.1. The summed E-state index contributed by atoms with van der Waals surface area (Å²) in [5.74, 6) is 1.77. The third-order valence-electron chi connectivity index (χ3n) is 3.26. The number of anilines is 1. The topological polar surface area (TPSA) is 41.9 Å². The Morgan fingerprint density at radius 1 is 1.13 bits per heavy atom. The summed E-state index contributed by atoms with van der Waals surface area (Å²) in [5, 5.41) is 4.10. The summed E-state index contributed by atoms with van der Waals surface area (Å²) in [4.78, 5) is 15.6. The van der Waals surface area contributed by atoms with Crippen molar-refractivity contribution >= 4 is 28.9 Å². The lowest BCUT2D eigenvalue weighted by atomic mass is 10.2. The van der Waals surface area contributed by atoms with Gasteiger partial charge in [-0.25, -0.2) is 9.97 Å². The number of rotatable bonds is 6. The molecular formula is C17H18N4S2. The molecule has 3 rings (SSSR count). The zero-order chi connectivity index (χ0) is 16.1. The third kappa shape index (κ3) is 4.53. The molecule has 0 fully saturated rings. The van der Waals surface area contributed by atoms with Crippen LogP contribution in [0.15, 0.2) is 53.1 Å². The van der Waals surface area contributed by atoms with Gasteiger partial charge in [0.25, 0.3) is 0 Å². The fourth-order valence-corrected chi connectivity index (χ4v) is 3.71. The van der Waals surface area contributed by atoms with Crippen LogP contribution in [-0.2, 0) is 12.3 Å². The molecule has 0 aliphatic carbocycles. The van der Waals surface area contributed by atoms with Crippen LogP contribution < -0.4 is 4.90 Å². The quantitative estimate of drug-likeness (QED) is 0.629. The minimum absolute atomic E-state index is 0.750. The summed E-state index contributed by atoms with van der Waals surface area (Å²) in [6, 6.07) is 10.4. The van der Waals surface area contributed by atoms with Crippen LogP contribution in [0.5, 0.6) is 0 Å². The van der Waals surface area contributed by atoms with E-state index in [1.807, 2.05) is 26.2 Å². The minimum atomic E-state index is 0.750. The molecule has 0 unspecified atom stereocenters. The van der Waals surface area contributed by atoms with Crippen LogP contribution in [-0.4, -0.2) is 22.0 Å². The Morgan fingerprint density at radius 3 is 2.70 bits per heavy atom. The molecule has 0 saturated carbocycles. The molecule has 0 bridgehead atoms. The van der Waals surface area contributed by atoms with Crippen LogP contribution in [0, 0.1) is 6.92 Å². The van der Waals surface area contributed by atoms with Gasteiger partial charge in [0.15, 0.2) is 0 Å². The van der Waals surface area contributed by atoms with Crippen molar-refractivity contribution in [3.8, 4) is 0 Å². The molecule has 0 N–H and O–H groups in total. The van der Waals surface area contributed by atoms with Gasteiger partial charge in [0.1, 0.15) is 15.9 Å². The first-order valence-electron chi connectivity index (χ1n) is 7.31. The van der Waals surface area contributed by atoms with Crippen molar-refractivity contribution in [1.29, 1.82) is 0 Å². The first-order chi connectivity index (χ1) is 11.2. The zero-order valence-corrected chi connectivity index (χ0v) is 14.8. The highest BCUT2D eigenvalue weighted by Gasteiger charge is 2.08. The van der Waals surface area contributed by atoms with Crippen molar-refractivity contribution in [2.75, 3.05) is 11.9 Å². The Morgan fingerprint density at radius 2 is 1.96 bits per heavy atom. The maximum Gasteiger partial charge on any atom is 0.148 e. The van der Waals surface area contributed by atoms with E-state index in [0.717, 1.165) is 33.8 Å². The molecule has 0 aliphatic heterocycles. The number of aromatic nitrogens is 3. The molecule has 118 valence electrons.